The largest absolute Gasteiger partial charge is 0.379 e. The number of hydrogen-bond donors (Lipinski definition) is 2. The third-order valence-electron chi connectivity index (χ3n) is 4.63. The maximum atomic E-state index is 12.8. The summed E-state index contributed by atoms with van der Waals surface area (Å²) < 4.78 is 38.5. The van der Waals surface area contributed by atoms with Crippen molar-refractivity contribution >= 4 is 37.8 Å². The van der Waals surface area contributed by atoms with Crippen LogP contribution in [-0.2, 0) is 26.4 Å². The van der Waals surface area contributed by atoms with Gasteiger partial charge in [-0.25, -0.2) is 17.4 Å². The zero-order chi connectivity index (χ0) is 20.7. The quantitative estimate of drug-likeness (QED) is 0.627. The number of rotatable bonds is 6. The van der Waals surface area contributed by atoms with Crippen LogP contribution in [0.3, 0.4) is 0 Å². The lowest BCUT2D eigenvalue weighted by atomic mass is 9.88. The topological polar surface area (TPSA) is 115 Å². The van der Waals surface area contributed by atoms with Crippen molar-refractivity contribution in [3.8, 4) is 0 Å². The highest BCUT2D eigenvalue weighted by molar-refractivity contribution is 7.90. The highest BCUT2D eigenvalue weighted by Gasteiger charge is 2.34. The minimum absolute atomic E-state index is 0.0386. The SMILES string of the molecule is CC(C)S(=O)(=O)n1c(N)nc2ccc(C(O)(CS(C)=O)c3ccccc3)cc21. The van der Waals surface area contributed by atoms with Crippen LogP contribution in [0.4, 0.5) is 5.95 Å². The van der Waals surface area contributed by atoms with Crippen LogP contribution in [0.15, 0.2) is 48.5 Å². The molecule has 0 fully saturated rings. The van der Waals surface area contributed by atoms with E-state index in [2.05, 4.69) is 4.98 Å². The molecule has 1 heterocycles. The van der Waals surface area contributed by atoms with Crippen molar-refractivity contribution in [3.05, 3.63) is 59.7 Å². The van der Waals surface area contributed by atoms with E-state index in [1.54, 1.807) is 56.3 Å². The molecule has 0 radical (unpaired) electrons. The maximum Gasteiger partial charge on any atom is 0.244 e. The standard InChI is InChI=1S/C19H23N3O4S2/c1-13(2)28(25,26)22-17-11-15(9-10-16(17)21-18(22)20)19(23,12-27(3)24)14-7-5-4-6-8-14/h4-11,13,23H,12H2,1-3H3,(H2,20,21). The number of benzene rings is 2. The van der Waals surface area contributed by atoms with Gasteiger partial charge in [0.2, 0.25) is 16.0 Å². The van der Waals surface area contributed by atoms with Gasteiger partial charge in [0.15, 0.2) is 0 Å². The van der Waals surface area contributed by atoms with Gasteiger partial charge in [0.1, 0.15) is 5.60 Å². The van der Waals surface area contributed by atoms with Crippen LogP contribution < -0.4 is 5.73 Å². The van der Waals surface area contributed by atoms with Gasteiger partial charge in [0.05, 0.1) is 22.0 Å². The molecule has 0 aliphatic rings. The van der Waals surface area contributed by atoms with Gasteiger partial charge in [0.25, 0.3) is 0 Å². The normalized spacial score (nSPS) is 15.6. The molecule has 3 aromatic rings. The molecule has 0 amide bonds. The van der Waals surface area contributed by atoms with Crippen molar-refractivity contribution in [2.75, 3.05) is 17.7 Å². The van der Waals surface area contributed by atoms with Gasteiger partial charge in [-0.1, -0.05) is 36.4 Å². The predicted molar refractivity (Wildman–Crippen MR) is 112 cm³/mol. The van der Waals surface area contributed by atoms with E-state index in [4.69, 9.17) is 5.73 Å². The van der Waals surface area contributed by atoms with Crippen LogP contribution in [0.1, 0.15) is 25.0 Å². The van der Waals surface area contributed by atoms with Crippen molar-refractivity contribution in [1.29, 1.82) is 0 Å². The number of anilines is 1. The van der Waals surface area contributed by atoms with E-state index in [0.29, 0.717) is 16.6 Å². The second-order valence-electron chi connectivity index (χ2n) is 6.98. The Morgan fingerprint density at radius 3 is 2.39 bits per heavy atom. The molecule has 2 atom stereocenters. The number of nitrogens with zero attached hydrogens (tertiary/aromatic N) is 2. The van der Waals surface area contributed by atoms with Gasteiger partial charge in [-0.15, -0.1) is 0 Å². The molecule has 3 rings (SSSR count). The molecule has 7 nitrogen and oxygen atoms in total. The van der Waals surface area contributed by atoms with E-state index in [9.17, 15) is 17.7 Å². The van der Waals surface area contributed by atoms with Crippen LogP contribution in [0.25, 0.3) is 11.0 Å². The smallest absolute Gasteiger partial charge is 0.244 e. The molecule has 9 heteroatoms. The van der Waals surface area contributed by atoms with Crippen molar-refractivity contribution in [2.45, 2.75) is 24.7 Å². The number of nitrogens with two attached hydrogens (primary N) is 1. The molecule has 3 N–H and O–H groups in total. The highest BCUT2D eigenvalue weighted by atomic mass is 32.2. The molecule has 0 aliphatic carbocycles. The van der Waals surface area contributed by atoms with Crippen molar-refractivity contribution in [2.24, 2.45) is 0 Å². The number of aliphatic hydroxyl groups is 1. The molecular weight excluding hydrogens is 398 g/mol. The summed E-state index contributed by atoms with van der Waals surface area (Å²) in [6.45, 7) is 3.12. The Kier molecular flexibility index (Phi) is 5.35. The second kappa shape index (κ2) is 7.31. The number of aromatic nitrogens is 2. The Balaban J connectivity index is 2.29. The summed E-state index contributed by atoms with van der Waals surface area (Å²) in [6, 6.07) is 13.7. The molecule has 1 aromatic heterocycles. The average molecular weight is 422 g/mol. The zero-order valence-electron chi connectivity index (χ0n) is 15.9. The van der Waals surface area contributed by atoms with Gasteiger partial charge in [-0.2, -0.15) is 0 Å². The van der Waals surface area contributed by atoms with E-state index in [0.717, 1.165) is 3.97 Å². The lowest BCUT2D eigenvalue weighted by molar-refractivity contribution is 0.107. The number of hydrogen-bond acceptors (Lipinski definition) is 6. The lowest BCUT2D eigenvalue weighted by Crippen LogP contribution is -2.33. The van der Waals surface area contributed by atoms with Gasteiger partial charge in [0, 0.05) is 17.1 Å². The minimum atomic E-state index is -3.75. The van der Waals surface area contributed by atoms with Crippen molar-refractivity contribution < 1.29 is 17.7 Å². The number of imidazole rings is 1. The Morgan fingerprint density at radius 1 is 1.18 bits per heavy atom. The first-order valence-corrected chi connectivity index (χ1v) is 11.9. The van der Waals surface area contributed by atoms with Crippen molar-refractivity contribution in [1.82, 2.24) is 8.96 Å². The summed E-state index contributed by atoms with van der Waals surface area (Å²) in [5, 5.41) is 10.8. The third kappa shape index (κ3) is 3.45. The molecule has 2 unspecified atom stereocenters. The lowest BCUT2D eigenvalue weighted by Gasteiger charge is -2.28. The fourth-order valence-electron chi connectivity index (χ4n) is 3.15. The Hall–Kier alpha value is -2.23. The summed E-state index contributed by atoms with van der Waals surface area (Å²) >= 11 is 0. The molecule has 150 valence electrons. The number of fused-ring (bicyclic) bond motifs is 1. The summed E-state index contributed by atoms with van der Waals surface area (Å²) in [5.74, 6) is -0.175. The zero-order valence-corrected chi connectivity index (χ0v) is 17.5. The summed E-state index contributed by atoms with van der Waals surface area (Å²) in [7, 11) is -5.06. The van der Waals surface area contributed by atoms with Crippen LogP contribution >= 0.6 is 0 Å². The molecule has 0 aliphatic heterocycles. The van der Waals surface area contributed by atoms with Crippen LogP contribution in [0.5, 0.6) is 0 Å². The van der Waals surface area contributed by atoms with E-state index in [1.165, 1.54) is 6.26 Å². The first-order chi connectivity index (χ1) is 13.1. The first-order valence-electron chi connectivity index (χ1n) is 8.68. The highest BCUT2D eigenvalue weighted by Crippen LogP contribution is 2.33. The molecule has 0 saturated heterocycles. The molecule has 0 spiro atoms. The third-order valence-corrected chi connectivity index (χ3v) is 7.54. The van der Waals surface area contributed by atoms with E-state index >= 15 is 0 Å². The van der Waals surface area contributed by atoms with Gasteiger partial charge < -0.3 is 10.8 Å². The maximum absolute atomic E-state index is 12.8. The number of nitrogen functional groups attached to an aromatic ring is 1. The molecule has 28 heavy (non-hydrogen) atoms. The minimum Gasteiger partial charge on any atom is -0.379 e. The summed E-state index contributed by atoms with van der Waals surface area (Å²) in [5.41, 5.74) is 6.00. The predicted octanol–water partition coefficient (Wildman–Crippen LogP) is 1.82. The van der Waals surface area contributed by atoms with Crippen LogP contribution in [0, 0.1) is 0 Å². The van der Waals surface area contributed by atoms with Crippen LogP contribution in [0.2, 0.25) is 0 Å². The first kappa shape index (κ1) is 20.5. The van der Waals surface area contributed by atoms with Crippen molar-refractivity contribution in [3.63, 3.8) is 0 Å². The Bertz CT molecular complexity index is 1140. The Labute approximate surface area is 166 Å². The second-order valence-corrected chi connectivity index (χ2v) is 10.7. The Morgan fingerprint density at radius 2 is 1.82 bits per heavy atom. The fourth-order valence-corrected chi connectivity index (χ4v) is 5.22. The molecular formula is C19H23N3O4S2. The van der Waals surface area contributed by atoms with E-state index < -0.39 is 31.7 Å². The molecule has 0 saturated carbocycles. The summed E-state index contributed by atoms with van der Waals surface area (Å²) in [4.78, 5) is 4.14. The molecule has 2 aromatic carbocycles. The van der Waals surface area contributed by atoms with Crippen LogP contribution in [-0.4, -0.2) is 43.9 Å². The van der Waals surface area contributed by atoms with E-state index in [-0.39, 0.29) is 17.2 Å². The van der Waals surface area contributed by atoms with Gasteiger partial charge >= 0.3 is 0 Å². The van der Waals surface area contributed by atoms with Gasteiger partial charge in [-0.3, -0.25) is 4.21 Å². The fraction of sp³-hybridized carbons (Fsp3) is 0.316. The molecule has 0 bridgehead atoms. The average Bonchev–Trinajstić information content (AvgIpc) is 2.97. The monoisotopic (exact) mass is 421 g/mol. The summed E-state index contributed by atoms with van der Waals surface area (Å²) in [6.07, 6.45) is 1.51. The van der Waals surface area contributed by atoms with E-state index in [1.807, 2.05) is 6.07 Å². The van der Waals surface area contributed by atoms with Gasteiger partial charge in [-0.05, 0) is 37.1 Å².